The third-order valence-corrected chi connectivity index (χ3v) is 2.90. The summed E-state index contributed by atoms with van der Waals surface area (Å²) in [4.78, 5) is 15.9. The molecule has 1 N–H and O–H groups in total. The maximum atomic E-state index is 11.7. The maximum Gasteiger partial charge on any atom is 0.220 e. The summed E-state index contributed by atoms with van der Waals surface area (Å²) in [5.41, 5.74) is 2.17. The maximum absolute atomic E-state index is 11.7. The number of nitrogens with one attached hydrogen (secondary N) is 1. The lowest BCUT2D eigenvalue weighted by molar-refractivity contribution is -0.121. The summed E-state index contributed by atoms with van der Waals surface area (Å²) in [6.45, 7) is 0.600. The molecule has 0 fully saturated rings. The smallest absolute Gasteiger partial charge is 0.220 e. The molecule has 0 atom stereocenters. The van der Waals surface area contributed by atoms with Crippen molar-refractivity contribution in [1.82, 2.24) is 10.3 Å². The Bertz CT molecular complexity index is 497. The van der Waals surface area contributed by atoms with Gasteiger partial charge < -0.3 is 5.32 Å². The van der Waals surface area contributed by atoms with Crippen molar-refractivity contribution in [2.75, 3.05) is 0 Å². The topological polar surface area (TPSA) is 42.0 Å². The van der Waals surface area contributed by atoms with Crippen LogP contribution in [0.2, 0.25) is 0 Å². The Hall–Kier alpha value is -2.16. The Kier molecular flexibility index (Phi) is 5.11. The molecule has 0 saturated heterocycles. The largest absolute Gasteiger partial charge is 0.352 e. The molecule has 0 radical (unpaired) electrons. The number of hydrogen-bond acceptors (Lipinski definition) is 2. The van der Waals surface area contributed by atoms with Gasteiger partial charge in [0.05, 0.1) is 0 Å². The van der Waals surface area contributed by atoms with E-state index in [1.54, 1.807) is 6.20 Å². The highest BCUT2D eigenvalue weighted by Gasteiger charge is 2.02. The van der Waals surface area contributed by atoms with E-state index in [9.17, 15) is 4.79 Å². The molecule has 0 aliphatic carbocycles. The first-order chi connectivity index (χ1) is 9.34. The molecule has 1 aromatic carbocycles. The first kappa shape index (κ1) is 13.3. The van der Waals surface area contributed by atoms with Crippen molar-refractivity contribution in [2.45, 2.75) is 25.8 Å². The zero-order valence-electron chi connectivity index (χ0n) is 10.9. The van der Waals surface area contributed by atoms with Crippen molar-refractivity contribution >= 4 is 5.91 Å². The first-order valence-electron chi connectivity index (χ1n) is 6.55. The molecule has 2 aromatic rings. The molecule has 0 unspecified atom stereocenters. The lowest BCUT2D eigenvalue weighted by Crippen LogP contribution is -2.22. The molecule has 2 rings (SSSR count). The van der Waals surface area contributed by atoms with Crippen LogP contribution in [0.15, 0.2) is 54.7 Å². The summed E-state index contributed by atoms with van der Waals surface area (Å²) in [7, 11) is 0. The fraction of sp³-hybridized carbons (Fsp3) is 0.250. The molecule has 19 heavy (non-hydrogen) atoms. The van der Waals surface area contributed by atoms with Gasteiger partial charge in [-0.05, 0) is 30.5 Å². The van der Waals surface area contributed by atoms with Crippen LogP contribution < -0.4 is 5.32 Å². The lowest BCUT2D eigenvalue weighted by atomic mass is 10.1. The quantitative estimate of drug-likeness (QED) is 0.861. The van der Waals surface area contributed by atoms with Gasteiger partial charge in [0.1, 0.15) is 0 Å². The third kappa shape index (κ3) is 4.92. The number of carbonyl (C=O) groups excluding carboxylic acids is 1. The van der Waals surface area contributed by atoms with E-state index in [1.807, 2.05) is 48.5 Å². The first-order valence-corrected chi connectivity index (χ1v) is 6.55. The summed E-state index contributed by atoms with van der Waals surface area (Å²) < 4.78 is 0. The third-order valence-electron chi connectivity index (χ3n) is 2.90. The van der Waals surface area contributed by atoms with Crippen molar-refractivity contribution in [2.24, 2.45) is 0 Å². The molecule has 0 spiro atoms. The lowest BCUT2D eigenvalue weighted by Gasteiger charge is -2.05. The summed E-state index contributed by atoms with van der Waals surface area (Å²) in [6, 6.07) is 15.8. The van der Waals surface area contributed by atoms with E-state index < -0.39 is 0 Å². The van der Waals surface area contributed by atoms with Gasteiger partial charge in [-0.15, -0.1) is 0 Å². The Balaban J connectivity index is 1.65. The minimum absolute atomic E-state index is 0.0970. The molecule has 98 valence electrons. The van der Waals surface area contributed by atoms with Crippen molar-refractivity contribution < 1.29 is 4.79 Å². The van der Waals surface area contributed by atoms with Gasteiger partial charge in [-0.25, -0.2) is 0 Å². The number of aromatic nitrogens is 1. The second kappa shape index (κ2) is 7.31. The van der Waals surface area contributed by atoms with Gasteiger partial charge in [-0.2, -0.15) is 0 Å². The van der Waals surface area contributed by atoms with Gasteiger partial charge in [0.15, 0.2) is 0 Å². The monoisotopic (exact) mass is 254 g/mol. The highest BCUT2D eigenvalue weighted by Crippen LogP contribution is 2.02. The number of pyridine rings is 1. The Labute approximate surface area is 113 Å². The van der Waals surface area contributed by atoms with Crippen LogP contribution in [0.5, 0.6) is 0 Å². The Morgan fingerprint density at radius 1 is 1.05 bits per heavy atom. The van der Waals surface area contributed by atoms with Crippen LogP contribution in [0.4, 0.5) is 0 Å². The van der Waals surface area contributed by atoms with Crippen LogP contribution >= 0.6 is 0 Å². The zero-order valence-corrected chi connectivity index (χ0v) is 10.9. The zero-order chi connectivity index (χ0) is 13.3. The van der Waals surface area contributed by atoms with Gasteiger partial charge in [-0.3, -0.25) is 9.78 Å². The molecular weight excluding hydrogens is 236 g/mol. The van der Waals surface area contributed by atoms with Gasteiger partial charge >= 0.3 is 0 Å². The Morgan fingerprint density at radius 3 is 2.58 bits per heavy atom. The van der Waals surface area contributed by atoms with Gasteiger partial charge in [0.2, 0.25) is 5.91 Å². The molecule has 1 amide bonds. The van der Waals surface area contributed by atoms with Gasteiger partial charge in [0.25, 0.3) is 0 Å². The number of rotatable bonds is 6. The average molecular weight is 254 g/mol. The molecule has 0 aliphatic heterocycles. The second-order valence-corrected chi connectivity index (χ2v) is 4.44. The number of aryl methyl sites for hydroxylation is 1. The highest BCUT2D eigenvalue weighted by molar-refractivity contribution is 5.75. The molecule has 3 nitrogen and oxygen atoms in total. The predicted octanol–water partition coefficient (Wildman–Crippen LogP) is 2.72. The molecule has 1 aromatic heterocycles. The highest BCUT2D eigenvalue weighted by atomic mass is 16.1. The summed E-state index contributed by atoms with van der Waals surface area (Å²) >= 11 is 0. The van der Waals surface area contributed by atoms with Crippen LogP contribution in [0, 0.1) is 0 Å². The molecule has 3 heteroatoms. The summed E-state index contributed by atoms with van der Waals surface area (Å²) in [5, 5.41) is 2.93. The number of carbonyl (C=O) groups is 1. The van der Waals surface area contributed by atoms with Crippen molar-refractivity contribution in [3.63, 3.8) is 0 Å². The van der Waals surface area contributed by atoms with Crippen molar-refractivity contribution in [3.05, 3.63) is 66.0 Å². The average Bonchev–Trinajstić information content (AvgIpc) is 2.47. The normalized spacial score (nSPS) is 10.1. The summed E-state index contributed by atoms with van der Waals surface area (Å²) in [5.74, 6) is 0.0970. The van der Waals surface area contributed by atoms with Gasteiger partial charge in [-0.1, -0.05) is 36.4 Å². The number of hydrogen-bond donors (Lipinski definition) is 1. The standard InChI is InChI=1S/C16H18N2O/c19-16(18-13-14-7-2-1-3-8-14)11-6-10-15-9-4-5-12-17-15/h1-5,7-9,12H,6,10-11,13H2,(H,18,19). The molecule has 0 saturated carbocycles. The minimum Gasteiger partial charge on any atom is -0.352 e. The fourth-order valence-electron chi connectivity index (χ4n) is 1.86. The van der Waals surface area contributed by atoms with E-state index in [-0.39, 0.29) is 5.91 Å². The molecule has 1 heterocycles. The van der Waals surface area contributed by atoms with Crippen LogP contribution in [-0.4, -0.2) is 10.9 Å². The van der Waals surface area contributed by atoms with Crippen molar-refractivity contribution in [1.29, 1.82) is 0 Å². The van der Waals surface area contributed by atoms with E-state index >= 15 is 0 Å². The van der Waals surface area contributed by atoms with E-state index in [4.69, 9.17) is 0 Å². The molecule has 0 bridgehead atoms. The fourth-order valence-corrected chi connectivity index (χ4v) is 1.86. The minimum atomic E-state index is 0.0970. The van der Waals surface area contributed by atoms with Crippen molar-refractivity contribution in [3.8, 4) is 0 Å². The van der Waals surface area contributed by atoms with E-state index in [2.05, 4.69) is 10.3 Å². The van der Waals surface area contributed by atoms with Crippen LogP contribution in [0.1, 0.15) is 24.1 Å². The number of benzene rings is 1. The number of nitrogens with zero attached hydrogens (tertiary/aromatic N) is 1. The van der Waals surface area contributed by atoms with Crippen LogP contribution in [-0.2, 0) is 17.8 Å². The van der Waals surface area contributed by atoms with E-state index in [1.165, 1.54) is 0 Å². The molecular formula is C16H18N2O. The van der Waals surface area contributed by atoms with Crippen LogP contribution in [0.3, 0.4) is 0 Å². The van der Waals surface area contributed by atoms with E-state index in [0.29, 0.717) is 13.0 Å². The summed E-state index contributed by atoms with van der Waals surface area (Å²) in [6.07, 6.45) is 4.01. The van der Waals surface area contributed by atoms with Crippen LogP contribution in [0.25, 0.3) is 0 Å². The number of amides is 1. The SMILES string of the molecule is O=C(CCCc1ccccn1)NCc1ccccc1. The second-order valence-electron chi connectivity index (χ2n) is 4.44. The van der Waals surface area contributed by atoms with E-state index in [0.717, 1.165) is 24.1 Å². The Morgan fingerprint density at radius 2 is 1.84 bits per heavy atom. The molecule has 0 aliphatic rings. The predicted molar refractivity (Wildman–Crippen MR) is 75.5 cm³/mol. The van der Waals surface area contributed by atoms with Gasteiger partial charge in [0, 0.05) is 24.9 Å².